The number of benzene rings is 2. The highest BCUT2D eigenvalue weighted by molar-refractivity contribution is 7.89. The number of methoxy groups -OCH3 is 1. The maximum Gasteiger partial charge on any atom is 0.416 e. The van der Waals surface area contributed by atoms with E-state index in [1.54, 1.807) is 13.2 Å². The zero-order valence-corrected chi connectivity index (χ0v) is 17.0. The second-order valence-electron chi connectivity index (χ2n) is 6.87. The van der Waals surface area contributed by atoms with Crippen LogP contribution in [0.25, 0.3) is 0 Å². The van der Waals surface area contributed by atoms with Gasteiger partial charge in [-0.05, 0) is 53.9 Å². The molecule has 2 aromatic rings. The van der Waals surface area contributed by atoms with Crippen LogP contribution < -0.4 is 10.1 Å². The molecule has 30 heavy (non-hydrogen) atoms. The summed E-state index contributed by atoms with van der Waals surface area (Å²) < 4.78 is 69.5. The van der Waals surface area contributed by atoms with Gasteiger partial charge in [-0.25, -0.2) is 8.42 Å². The fraction of sp³-hybridized carbons (Fsp3) is 0.350. The first kappa shape index (κ1) is 22.1. The highest BCUT2D eigenvalue weighted by Gasteiger charge is 2.30. The minimum Gasteiger partial charge on any atom is -0.497 e. The summed E-state index contributed by atoms with van der Waals surface area (Å²) in [5.41, 5.74) is 1.11. The van der Waals surface area contributed by atoms with Gasteiger partial charge in [-0.2, -0.15) is 17.5 Å². The molecule has 0 radical (unpaired) electrons. The number of sulfonamides is 1. The van der Waals surface area contributed by atoms with E-state index in [0.717, 1.165) is 41.1 Å². The van der Waals surface area contributed by atoms with Crippen molar-refractivity contribution in [2.45, 2.75) is 19.1 Å². The number of alkyl halides is 3. The zero-order chi connectivity index (χ0) is 21.9. The molecule has 6 nitrogen and oxygen atoms in total. The number of carbonyl (C=O) groups is 1. The number of nitrogens with one attached hydrogen (secondary N) is 1. The van der Waals surface area contributed by atoms with E-state index in [1.807, 2.05) is 12.1 Å². The largest absolute Gasteiger partial charge is 0.497 e. The number of amides is 1. The van der Waals surface area contributed by atoms with E-state index in [4.69, 9.17) is 4.74 Å². The van der Waals surface area contributed by atoms with Gasteiger partial charge in [0.05, 0.1) is 18.4 Å². The predicted molar refractivity (Wildman–Crippen MR) is 105 cm³/mol. The maximum absolute atomic E-state index is 12.6. The lowest BCUT2D eigenvalue weighted by Crippen LogP contribution is -2.40. The molecule has 0 aromatic heterocycles. The molecular formula is C20H21F3N2O4S. The van der Waals surface area contributed by atoms with Crippen molar-refractivity contribution in [3.8, 4) is 5.75 Å². The van der Waals surface area contributed by atoms with Gasteiger partial charge in [0.15, 0.2) is 0 Å². The summed E-state index contributed by atoms with van der Waals surface area (Å²) in [5.74, 6) is -0.212. The Morgan fingerprint density at radius 3 is 2.47 bits per heavy atom. The van der Waals surface area contributed by atoms with Crippen molar-refractivity contribution in [3.05, 3.63) is 64.7 Å². The molecule has 1 amide bonds. The summed E-state index contributed by atoms with van der Waals surface area (Å²) in [4.78, 5) is 12.1. The fourth-order valence-electron chi connectivity index (χ4n) is 3.20. The van der Waals surface area contributed by atoms with Crippen molar-refractivity contribution in [2.24, 2.45) is 0 Å². The van der Waals surface area contributed by atoms with Gasteiger partial charge in [-0.1, -0.05) is 6.07 Å². The Labute approximate surface area is 172 Å². The lowest BCUT2D eigenvalue weighted by atomic mass is 10.0. The SMILES string of the molecule is COc1ccc2c(c1)CCN(S(=O)(=O)CCNC(=O)c1ccc(C(F)(F)F)cc1)C2. The highest BCUT2D eigenvalue weighted by Crippen LogP contribution is 2.29. The first-order valence-electron chi connectivity index (χ1n) is 9.19. The first-order valence-corrected chi connectivity index (χ1v) is 10.8. The summed E-state index contributed by atoms with van der Waals surface area (Å²) in [5, 5.41) is 2.44. The molecule has 0 atom stereocenters. The highest BCUT2D eigenvalue weighted by atomic mass is 32.2. The summed E-state index contributed by atoms with van der Waals surface area (Å²) in [6, 6.07) is 9.24. The van der Waals surface area contributed by atoms with Crippen LogP contribution in [0.1, 0.15) is 27.0 Å². The molecule has 1 aliphatic rings. The van der Waals surface area contributed by atoms with Crippen molar-refractivity contribution in [2.75, 3.05) is 26.0 Å². The van der Waals surface area contributed by atoms with Crippen LogP contribution in [0.5, 0.6) is 5.75 Å². The van der Waals surface area contributed by atoms with E-state index in [1.165, 1.54) is 4.31 Å². The van der Waals surface area contributed by atoms with Gasteiger partial charge in [0.25, 0.3) is 5.91 Å². The summed E-state index contributed by atoms with van der Waals surface area (Å²) >= 11 is 0. The summed E-state index contributed by atoms with van der Waals surface area (Å²) in [6.07, 6.45) is -3.93. The van der Waals surface area contributed by atoms with Crippen LogP contribution in [-0.2, 0) is 29.2 Å². The second-order valence-corrected chi connectivity index (χ2v) is 8.95. The Hall–Kier alpha value is -2.59. The average Bonchev–Trinajstić information content (AvgIpc) is 2.72. The minimum absolute atomic E-state index is 0.0289. The Balaban J connectivity index is 1.55. The maximum atomic E-state index is 12.6. The molecule has 0 unspecified atom stereocenters. The molecular weight excluding hydrogens is 421 g/mol. The predicted octanol–water partition coefficient (Wildman–Crippen LogP) is 2.83. The lowest BCUT2D eigenvalue weighted by molar-refractivity contribution is -0.137. The Morgan fingerprint density at radius 1 is 1.13 bits per heavy atom. The number of hydrogen-bond donors (Lipinski definition) is 1. The number of hydrogen-bond acceptors (Lipinski definition) is 4. The third-order valence-electron chi connectivity index (χ3n) is 4.90. The van der Waals surface area contributed by atoms with Crippen LogP contribution in [-0.4, -0.2) is 44.6 Å². The van der Waals surface area contributed by atoms with E-state index in [2.05, 4.69) is 5.32 Å². The number of fused-ring (bicyclic) bond motifs is 1. The summed E-state index contributed by atoms with van der Waals surface area (Å²) in [7, 11) is -2.04. The number of halogens is 3. The third-order valence-corrected chi connectivity index (χ3v) is 6.72. The van der Waals surface area contributed by atoms with E-state index in [-0.39, 0.29) is 24.4 Å². The molecule has 0 spiro atoms. The molecule has 0 bridgehead atoms. The van der Waals surface area contributed by atoms with Gasteiger partial charge in [0, 0.05) is 25.2 Å². The van der Waals surface area contributed by atoms with Crippen LogP contribution in [0.4, 0.5) is 13.2 Å². The standard InChI is InChI=1S/C20H21F3N2O4S/c1-29-18-7-4-16-13-25(10-8-15(16)12-18)30(27,28)11-9-24-19(26)14-2-5-17(6-3-14)20(21,22)23/h2-7,12H,8-11,13H2,1H3,(H,24,26). The van der Waals surface area contributed by atoms with Gasteiger partial charge in [0.1, 0.15) is 5.75 Å². The number of carbonyl (C=O) groups excluding carboxylic acids is 1. The van der Waals surface area contributed by atoms with Crippen molar-refractivity contribution < 1.29 is 31.1 Å². The smallest absolute Gasteiger partial charge is 0.416 e. The molecule has 1 heterocycles. The fourth-order valence-corrected chi connectivity index (χ4v) is 4.53. The zero-order valence-electron chi connectivity index (χ0n) is 16.2. The van der Waals surface area contributed by atoms with Crippen LogP contribution in [0.3, 0.4) is 0 Å². The quantitative estimate of drug-likeness (QED) is 0.747. The number of ether oxygens (including phenoxy) is 1. The van der Waals surface area contributed by atoms with Crippen LogP contribution in [0.2, 0.25) is 0 Å². The normalized spacial score (nSPS) is 14.8. The van der Waals surface area contributed by atoms with Gasteiger partial charge < -0.3 is 10.1 Å². The lowest BCUT2D eigenvalue weighted by Gasteiger charge is -2.28. The summed E-state index contributed by atoms with van der Waals surface area (Å²) in [6.45, 7) is 0.429. The van der Waals surface area contributed by atoms with Gasteiger partial charge in [0.2, 0.25) is 10.0 Å². The van der Waals surface area contributed by atoms with Crippen molar-refractivity contribution >= 4 is 15.9 Å². The topological polar surface area (TPSA) is 75.7 Å². The van der Waals surface area contributed by atoms with Crippen molar-refractivity contribution in [1.82, 2.24) is 9.62 Å². The van der Waals surface area contributed by atoms with Crippen LogP contribution in [0.15, 0.2) is 42.5 Å². The third kappa shape index (κ3) is 5.11. The number of rotatable bonds is 6. The Bertz CT molecular complexity index is 1020. The molecule has 2 aromatic carbocycles. The number of nitrogens with zero attached hydrogens (tertiary/aromatic N) is 1. The molecule has 0 saturated carbocycles. The second kappa shape index (κ2) is 8.65. The van der Waals surface area contributed by atoms with Gasteiger partial charge in [-0.3, -0.25) is 4.79 Å². The van der Waals surface area contributed by atoms with Gasteiger partial charge >= 0.3 is 6.18 Å². The Morgan fingerprint density at radius 2 is 1.83 bits per heavy atom. The van der Waals surface area contributed by atoms with E-state index < -0.39 is 27.7 Å². The average molecular weight is 442 g/mol. The van der Waals surface area contributed by atoms with Gasteiger partial charge in [-0.15, -0.1) is 0 Å². The molecule has 1 aliphatic heterocycles. The van der Waals surface area contributed by atoms with E-state index >= 15 is 0 Å². The molecule has 162 valence electrons. The minimum atomic E-state index is -4.48. The van der Waals surface area contributed by atoms with Crippen molar-refractivity contribution in [1.29, 1.82) is 0 Å². The monoisotopic (exact) mass is 442 g/mol. The Kier molecular flexibility index (Phi) is 6.37. The van der Waals surface area contributed by atoms with E-state index in [0.29, 0.717) is 13.0 Å². The van der Waals surface area contributed by atoms with Crippen LogP contribution >= 0.6 is 0 Å². The molecule has 0 saturated heterocycles. The first-order chi connectivity index (χ1) is 14.1. The molecule has 1 N–H and O–H groups in total. The van der Waals surface area contributed by atoms with Crippen LogP contribution in [0, 0.1) is 0 Å². The molecule has 0 fully saturated rings. The molecule has 10 heteroatoms. The van der Waals surface area contributed by atoms with E-state index in [9.17, 15) is 26.4 Å². The molecule has 3 rings (SSSR count). The van der Waals surface area contributed by atoms with Crippen molar-refractivity contribution in [3.63, 3.8) is 0 Å². The molecule has 0 aliphatic carbocycles.